The number of rotatable bonds is 3. The van der Waals surface area contributed by atoms with E-state index in [0.717, 1.165) is 4.70 Å². The zero-order valence-electron chi connectivity index (χ0n) is 11.3. The van der Waals surface area contributed by atoms with Gasteiger partial charge in [0.1, 0.15) is 10.7 Å². The molecule has 0 N–H and O–H groups in total. The summed E-state index contributed by atoms with van der Waals surface area (Å²) in [4.78, 5) is 25.3. The third-order valence-corrected chi connectivity index (χ3v) is 3.85. The van der Waals surface area contributed by atoms with Crippen LogP contribution in [0.5, 0.6) is 0 Å². The molecule has 1 aromatic carbocycles. The molecular formula is C14H14FNO3S. The lowest BCUT2D eigenvalue weighted by Gasteiger charge is -2.16. The third kappa shape index (κ3) is 2.96. The number of fused-ring (bicyclic) bond motifs is 1. The van der Waals surface area contributed by atoms with E-state index >= 15 is 0 Å². The fourth-order valence-electron chi connectivity index (χ4n) is 1.75. The predicted molar refractivity (Wildman–Crippen MR) is 75.4 cm³/mol. The van der Waals surface area contributed by atoms with Gasteiger partial charge in [0.15, 0.2) is 6.10 Å². The average molecular weight is 295 g/mol. The zero-order chi connectivity index (χ0) is 14.9. The van der Waals surface area contributed by atoms with Crippen LogP contribution in [-0.2, 0) is 9.53 Å². The van der Waals surface area contributed by atoms with Crippen molar-refractivity contribution in [3.8, 4) is 0 Å². The smallest absolute Gasteiger partial charge is 0.349 e. The van der Waals surface area contributed by atoms with Crippen LogP contribution in [0.4, 0.5) is 4.39 Å². The molecule has 0 radical (unpaired) electrons. The third-order valence-electron chi connectivity index (χ3n) is 2.75. The van der Waals surface area contributed by atoms with E-state index in [1.54, 1.807) is 26.2 Å². The largest absolute Gasteiger partial charge is 0.448 e. The minimum absolute atomic E-state index is 0.287. The molecule has 0 aliphatic carbocycles. The highest BCUT2D eigenvalue weighted by Gasteiger charge is 2.21. The molecule has 1 heterocycles. The number of nitrogens with zero attached hydrogens (tertiary/aromatic N) is 1. The van der Waals surface area contributed by atoms with Crippen molar-refractivity contribution in [2.24, 2.45) is 0 Å². The Morgan fingerprint density at radius 1 is 1.30 bits per heavy atom. The van der Waals surface area contributed by atoms with E-state index in [9.17, 15) is 14.0 Å². The number of hydrogen-bond acceptors (Lipinski definition) is 4. The summed E-state index contributed by atoms with van der Waals surface area (Å²) in [5.74, 6) is -1.22. The Kier molecular flexibility index (Phi) is 4.04. The van der Waals surface area contributed by atoms with Crippen molar-refractivity contribution in [3.63, 3.8) is 0 Å². The lowest BCUT2D eigenvalue weighted by atomic mass is 10.2. The van der Waals surface area contributed by atoms with E-state index in [-0.39, 0.29) is 11.7 Å². The highest BCUT2D eigenvalue weighted by atomic mass is 32.1. The Hall–Kier alpha value is -1.95. The van der Waals surface area contributed by atoms with Crippen LogP contribution in [0.15, 0.2) is 24.3 Å². The van der Waals surface area contributed by atoms with E-state index in [1.165, 1.54) is 35.3 Å². The first kappa shape index (κ1) is 14.5. The van der Waals surface area contributed by atoms with E-state index in [2.05, 4.69) is 0 Å². The Bertz CT molecular complexity index is 665. The van der Waals surface area contributed by atoms with Crippen molar-refractivity contribution in [1.29, 1.82) is 0 Å². The topological polar surface area (TPSA) is 46.6 Å². The van der Waals surface area contributed by atoms with Gasteiger partial charge in [0.2, 0.25) is 0 Å². The van der Waals surface area contributed by atoms with Crippen molar-refractivity contribution in [2.75, 3.05) is 14.1 Å². The average Bonchev–Trinajstić information content (AvgIpc) is 2.80. The molecule has 0 aliphatic heterocycles. The normalized spacial score (nSPS) is 12.2. The van der Waals surface area contributed by atoms with Gasteiger partial charge in [-0.25, -0.2) is 9.18 Å². The van der Waals surface area contributed by atoms with Gasteiger partial charge < -0.3 is 9.64 Å². The van der Waals surface area contributed by atoms with E-state index in [0.29, 0.717) is 10.3 Å². The maximum atomic E-state index is 13.1. The molecule has 0 aliphatic rings. The number of esters is 1. The van der Waals surface area contributed by atoms with Gasteiger partial charge in [-0.05, 0) is 36.6 Å². The Labute approximate surface area is 119 Å². The van der Waals surface area contributed by atoms with Crippen LogP contribution < -0.4 is 0 Å². The Morgan fingerprint density at radius 2 is 2.00 bits per heavy atom. The SMILES string of the molecule is C[C@H](OC(=O)c1cc2cc(F)ccc2s1)C(=O)N(C)C. The van der Waals surface area contributed by atoms with Crippen LogP contribution in [0.25, 0.3) is 10.1 Å². The second kappa shape index (κ2) is 5.58. The highest BCUT2D eigenvalue weighted by molar-refractivity contribution is 7.20. The molecule has 0 saturated carbocycles. The first-order chi connectivity index (χ1) is 9.38. The summed E-state index contributed by atoms with van der Waals surface area (Å²) in [6, 6.07) is 5.88. The fraction of sp³-hybridized carbons (Fsp3) is 0.286. The van der Waals surface area contributed by atoms with Gasteiger partial charge in [0.05, 0.1) is 0 Å². The molecule has 0 spiro atoms. The molecule has 1 atom stereocenters. The monoisotopic (exact) mass is 295 g/mol. The molecule has 106 valence electrons. The Morgan fingerprint density at radius 3 is 2.65 bits per heavy atom. The van der Waals surface area contributed by atoms with Gasteiger partial charge in [-0.1, -0.05) is 0 Å². The molecule has 0 saturated heterocycles. The van der Waals surface area contributed by atoms with E-state index in [1.807, 2.05) is 0 Å². The second-order valence-electron chi connectivity index (χ2n) is 4.57. The van der Waals surface area contributed by atoms with E-state index in [4.69, 9.17) is 4.74 Å². The number of carbonyl (C=O) groups excluding carboxylic acids is 2. The molecule has 1 aromatic heterocycles. The molecule has 6 heteroatoms. The number of likely N-dealkylation sites (N-methyl/N-ethyl adjacent to an activating group) is 1. The first-order valence-electron chi connectivity index (χ1n) is 5.99. The van der Waals surface area contributed by atoms with Crippen LogP contribution in [-0.4, -0.2) is 37.0 Å². The summed E-state index contributed by atoms with van der Waals surface area (Å²) in [5.41, 5.74) is 0. The standard InChI is InChI=1S/C14H14FNO3S/c1-8(13(17)16(2)3)19-14(18)12-7-9-6-10(15)4-5-11(9)20-12/h4-8H,1-3H3/t8-/m0/s1. The van der Waals surface area contributed by atoms with Crippen LogP contribution in [0.3, 0.4) is 0 Å². The zero-order valence-corrected chi connectivity index (χ0v) is 12.2. The molecule has 4 nitrogen and oxygen atoms in total. The summed E-state index contributed by atoms with van der Waals surface area (Å²) >= 11 is 1.21. The number of amides is 1. The molecule has 0 unspecified atom stereocenters. The van der Waals surface area contributed by atoms with Gasteiger partial charge in [-0.15, -0.1) is 11.3 Å². The summed E-state index contributed by atoms with van der Waals surface area (Å²) in [6.07, 6.45) is -0.848. The van der Waals surface area contributed by atoms with Crippen LogP contribution >= 0.6 is 11.3 Å². The van der Waals surface area contributed by atoms with Gasteiger partial charge >= 0.3 is 5.97 Å². The van der Waals surface area contributed by atoms with Crippen LogP contribution in [0.2, 0.25) is 0 Å². The van der Waals surface area contributed by atoms with Crippen molar-refractivity contribution in [3.05, 3.63) is 35.0 Å². The van der Waals surface area contributed by atoms with Crippen molar-refractivity contribution < 1.29 is 18.7 Å². The first-order valence-corrected chi connectivity index (χ1v) is 6.81. The minimum Gasteiger partial charge on any atom is -0.448 e. The molecule has 1 amide bonds. The summed E-state index contributed by atoms with van der Waals surface area (Å²) in [7, 11) is 3.18. The van der Waals surface area contributed by atoms with Crippen molar-refractivity contribution in [1.82, 2.24) is 4.90 Å². The number of thiophene rings is 1. The fourth-order valence-corrected chi connectivity index (χ4v) is 2.67. The van der Waals surface area contributed by atoms with Gasteiger partial charge in [-0.3, -0.25) is 4.79 Å². The molecule has 2 rings (SSSR count). The molecule has 0 bridgehead atoms. The molecule has 0 fully saturated rings. The second-order valence-corrected chi connectivity index (χ2v) is 5.66. The maximum Gasteiger partial charge on any atom is 0.349 e. The quantitative estimate of drug-likeness (QED) is 0.818. The number of ether oxygens (including phenoxy) is 1. The van der Waals surface area contributed by atoms with Crippen LogP contribution in [0, 0.1) is 5.82 Å². The number of hydrogen-bond donors (Lipinski definition) is 0. The van der Waals surface area contributed by atoms with Crippen molar-refractivity contribution in [2.45, 2.75) is 13.0 Å². The van der Waals surface area contributed by atoms with Crippen molar-refractivity contribution >= 4 is 33.3 Å². The summed E-state index contributed by atoms with van der Waals surface area (Å²) < 4.78 is 19.0. The molecule has 20 heavy (non-hydrogen) atoms. The maximum absolute atomic E-state index is 13.1. The summed E-state index contributed by atoms with van der Waals surface area (Å²) in [5, 5.41) is 0.647. The Balaban J connectivity index is 2.17. The number of benzene rings is 1. The lowest BCUT2D eigenvalue weighted by molar-refractivity contribution is -0.137. The number of carbonyl (C=O) groups is 2. The molecular weight excluding hydrogens is 281 g/mol. The number of halogens is 1. The predicted octanol–water partition coefficient (Wildman–Crippen LogP) is 2.67. The van der Waals surface area contributed by atoms with E-state index < -0.39 is 12.1 Å². The van der Waals surface area contributed by atoms with Gasteiger partial charge in [0, 0.05) is 18.8 Å². The van der Waals surface area contributed by atoms with Gasteiger partial charge in [0.25, 0.3) is 5.91 Å². The lowest BCUT2D eigenvalue weighted by Crippen LogP contribution is -2.34. The summed E-state index contributed by atoms with van der Waals surface area (Å²) in [6.45, 7) is 1.52. The molecule has 2 aromatic rings. The highest BCUT2D eigenvalue weighted by Crippen LogP contribution is 2.27. The van der Waals surface area contributed by atoms with Crippen LogP contribution in [0.1, 0.15) is 16.6 Å². The van der Waals surface area contributed by atoms with Gasteiger partial charge in [-0.2, -0.15) is 0 Å². The minimum atomic E-state index is -0.848.